The van der Waals surface area contributed by atoms with Gasteiger partial charge in [-0.25, -0.2) is 0 Å². The van der Waals surface area contributed by atoms with Crippen LogP contribution in [0.25, 0.3) is 0 Å². The third-order valence-corrected chi connectivity index (χ3v) is 4.00. The summed E-state index contributed by atoms with van der Waals surface area (Å²) in [5.74, 6) is 1.12. The van der Waals surface area contributed by atoms with Crippen molar-refractivity contribution >= 4 is 15.9 Å². The molecular weight excluding hydrogens is 294 g/mol. The number of fused-ring (bicyclic) bond motifs is 1. The Bertz CT molecular complexity index is 430. The zero-order valence-electron chi connectivity index (χ0n) is 10.5. The highest BCUT2D eigenvalue weighted by atomic mass is 79.9. The molecule has 2 aliphatic rings. The second kappa shape index (κ2) is 5.59. The molecule has 0 aliphatic carbocycles. The number of morpholine rings is 1. The Kier molecular flexibility index (Phi) is 3.87. The smallest absolute Gasteiger partial charge is 0.127 e. The van der Waals surface area contributed by atoms with Gasteiger partial charge in [-0.3, -0.25) is 4.90 Å². The van der Waals surface area contributed by atoms with Gasteiger partial charge in [0.15, 0.2) is 0 Å². The van der Waals surface area contributed by atoms with E-state index in [-0.39, 0.29) is 0 Å². The largest absolute Gasteiger partial charge is 0.493 e. The van der Waals surface area contributed by atoms with Crippen LogP contribution in [0.4, 0.5) is 0 Å². The van der Waals surface area contributed by atoms with Crippen molar-refractivity contribution in [3.05, 3.63) is 27.7 Å². The molecular formula is C14H18BrNO2. The Morgan fingerprint density at radius 1 is 1.17 bits per heavy atom. The molecule has 1 aromatic rings. The van der Waals surface area contributed by atoms with E-state index in [1.807, 2.05) is 0 Å². The number of hydrogen-bond acceptors (Lipinski definition) is 3. The quantitative estimate of drug-likeness (QED) is 0.838. The number of aryl methyl sites for hydroxylation is 1. The van der Waals surface area contributed by atoms with Gasteiger partial charge < -0.3 is 9.47 Å². The van der Waals surface area contributed by atoms with E-state index in [2.05, 4.69) is 33.0 Å². The van der Waals surface area contributed by atoms with Gasteiger partial charge in [0.05, 0.1) is 19.8 Å². The molecule has 0 atom stereocenters. The van der Waals surface area contributed by atoms with Crippen LogP contribution in [0.15, 0.2) is 16.6 Å². The highest BCUT2D eigenvalue weighted by Crippen LogP contribution is 2.33. The minimum atomic E-state index is 0.844. The summed E-state index contributed by atoms with van der Waals surface area (Å²) in [5, 5.41) is 0. The van der Waals surface area contributed by atoms with Crippen molar-refractivity contribution in [1.29, 1.82) is 0 Å². The van der Waals surface area contributed by atoms with E-state index in [9.17, 15) is 0 Å². The molecule has 3 rings (SSSR count). The normalized spacial score (nSPS) is 20.3. The van der Waals surface area contributed by atoms with Gasteiger partial charge >= 0.3 is 0 Å². The highest BCUT2D eigenvalue weighted by Gasteiger charge is 2.19. The summed E-state index contributed by atoms with van der Waals surface area (Å²) in [4.78, 5) is 2.43. The molecule has 0 unspecified atom stereocenters. The number of halogens is 1. The fourth-order valence-corrected chi connectivity index (χ4v) is 3.19. The lowest BCUT2D eigenvalue weighted by Crippen LogP contribution is -2.35. The summed E-state index contributed by atoms with van der Waals surface area (Å²) in [6.45, 7) is 5.53. The fourth-order valence-electron chi connectivity index (χ4n) is 2.64. The predicted molar refractivity (Wildman–Crippen MR) is 74.1 cm³/mol. The predicted octanol–water partition coefficient (Wildman–Crippen LogP) is 2.61. The first-order chi connectivity index (χ1) is 8.83. The molecule has 0 N–H and O–H groups in total. The van der Waals surface area contributed by atoms with Crippen molar-refractivity contribution in [2.75, 3.05) is 32.9 Å². The number of hydrogen-bond donors (Lipinski definition) is 0. The van der Waals surface area contributed by atoms with Crippen molar-refractivity contribution in [3.63, 3.8) is 0 Å². The summed E-state index contributed by atoms with van der Waals surface area (Å²) < 4.78 is 12.4. The van der Waals surface area contributed by atoms with E-state index in [1.54, 1.807) is 0 Å². The van der Waals surface area contributed by atoms with Crippen molar-refractivity contribution in [2.24, 2.45) is 0 Å². The molecule has 1 fully saturated rings. The van der Waals surface area contributed by atoms with Gasteiger partial charge in [-0.1, -0.05) is 15.9 Å². The summed E-state index contributed by atoms with van der Waals surface area (Å²) >= 11 is 3.61. The highest BCUT2D eigenvalue weighted by molar-refractivity contribution is 9.10. The van der Waals surface area contributed by atoms with Gasteiger partial charge in [0.2, 0.25) is 0 Å². The number of nitrogens with zero attached hydrogens (tertiary/aromatic N) is 1. The second-order valence-corrected chi connectivity index (χ2v) is 5.81. The molecule has 4 heteroatoms. The maximum atomic E-state index is 5.87. The second-order valence-electron chi connectivity index (χ2n) is 4.89. The standard InChI is InChI=1S/C14H18BrNO2/c15-13-8-11-2-1-5-18-14(11)12(9-13)10-16-3-6-17-7-4-16/h8-9H,1-7,10H2. The van der Waals surface area contributed by atoms with E-state index in [0.29, 0.717) is 0 Å². The lowest BCUT2D eigenvalue weighted by molar-refractivity contribution is 0.0337. The molecule has 1 saturated heterocycles. The van der Waals surface area contributed by atoms with Gasteiger partial charge in [0, 0.05) is 29.7 Å². The van der Waals surface area contributed by atoms with Crippen LogP contribution in [-0.4, -0.2) is 37.8 Å². The average molecular weight is 312 g/mol. The van der Waals surface area contributed by atoms with Gasteiger partial charge in [0.25, 0.3) is 0 Å². The van der Waals surface area contributed by atoms with Crippen molar-refractivity contribution in [1.82, 2.24) is 4.90 Å². The van der Waals surface area contributed by atoms with Crippen molar-refractivity contribution in [3.8, 4) is 5.75 Å². The van der Waals surface area contributed by atoms with Crippen LogP contribution >= 0.6 is 15.9 Å². The van der Waals surface area contributed by atoms with E-state index in [1.165, 1.54) is 11.1 Å². The van der Waals surface area contributed by atoms with E-state index < -0.39 is 0 Å². The monoisotopic (exact) mass is 311 g/mol. The average Bonchev–Trinajstić information content (AvgIpc) is 2.40. The van der Waals surface area contributed by atoms with Crippen LogP contribution in [0.1, 0.15) is 17.5 Å². The molecule has 0 bridgehead atoms. The number of benzene rings is 1. The fraction of sp³-hybridized carbons (Fsp3) is 0.571. The Morgan fingerprint density at radius 2 is 2.00 bits per heavy atom. The first-order valence-electron chi connectivity index (χ1n) is 6.57. The van der Waals surface area contributed by atoms with E-state index >= 15 is 0 Å². The van der Waals surface area contributed by atoms with Crippen molar-refractivity contribution in [2.45, 2.75) is 19.4 Å². The molecule has 2 heterocycles. The molecule has 1 aromatic carbocycles. The molecule has 3 nitrogen and oxygen atoms in total. The SMILES string of the molecule is Brc1cc2c(c(CN3CCOCC3)c1)OCCC2. The van der Waals surface area contributed by atoms with Crippen LogP contribution in [-0.2, 0) is 17.7 Å². The van der Waals surface area contributed by atoms with Gasteiger partial charge in [-0.05, 0) is 30.5 Å². The molecule has 18 heavy (non-hydrogen) atoms. The van der Waals surface area contributed by atoms with E-state index in [4.69, 9.17) is 9.47 Å². The third kappa shape index (κ3) is 2.71. The van der Waals surface area contributed by atoms with Crippen LogP contribution in [0.5, 0.6) is 5.75 Å². The van der Waals surface area contributed by atoms with Crippen molar-refractivity contribution < 1.29 is 9.47 Å². The Balaban J connectivity index is 1.83. The minimum absolute atomic E-state index is 0.844. The lowest BCUT2D eigenvalue weighted by Gasteiger charge is -2.29. The van der Waals surface area contributed by atoms with Crippen LogP contribution in [0, 0.1) is 0 Å². The lowest BCUT2D eigenvalue weighted by atomic mass is 10.0. The molecule has 0 amide bonds. The summed E-state index contributed by atoms with van der Waals surface area (Å²) in [6.07, 6.45) is 2.26. The maximum absolute atomic E-state index is 5.87. The summed E-state index contributed by atoms with van der Waals surface area (Å²) in [6, 6.07) is 4.39. The third-order valence-electron chi connectivity index (χ3n) is 3.54. The first kappa shape index (κ1) is 12.5. The molecule has 0 radical (unpaired) electrons. The first-order valence-corrected chi connectivity index (χ1v) is 7.36. The Labute approximate surface area is 116 Å². The molecule has 0 aromatic heterocycles. The van der Waals surface area contributed by atoms with E-state index in [0.717, 1.165) is 62.5 Å². The zero-order chi connectivity index (χ0) is 12.4. The van der Waals surface area contributed by atoms with Crippen LogP contribution in [0.3, 0.4) is 0 Å². The topological polar surface area (TPSA) is 21.7 Å². The van der Waals surface area contributed by atoms with Gasteiger partial charge in [-0.2, -0.15) is 0 Å². The zero-order valence-corrected chi connectivity index (χ0v) is 12.0. The minimum Gasteiger partial charge on any atom is -0.493 e. The molecule has 2 aliphatic heterocycles. The summed E-state index contributed by atoms with van der Waals surface area (Å²) in [5.41, 5.74) is 2.65. The Hall–Kier alpha value is -0.580. The maximum Gasteiger partial charge on any atom is 0.127 e. The van der Waals surface area contributed by atoms with Gasteiger partial charge in [-0.15, -0.1) is 0 Å². The molecule has 0 saturated carbocycles. The summed E-state index contributed by atoms with van der Waals surface area (Å²) in [7, 11) is 0. The number of ether oxygens (including phenoxy) is 2. The van der Waals surface area contributed by atoms with Gasteiger partial charge in [0.1, 0.15) is 5.75 Å². The van der Waals surface area contributed by atoms with Crippen LogP contribution < -0.4 is 4.74 Å². The molecule has 98 valence electrons. The molecule has 0 spiro atoms. The number of rotatable bonds is 2. The Morgan fingerprint density at radius 3 is 2.83 bits per heavy atom. The van der Waals surface area contributed by atoms with Crippen LogP contribution in [0.2, 0.25) is 0 Å².